The maximum Gasteiger partial charge on any atom is 0.331 e. The second kappa shape index (κ2) is 6.88. The summed E-state index contributed by atoms with van der Waals surface area (Å²) in [6, 6.07) is 10.1. The predicted octanol–water partition coefficient (Wildman–Crippen LogP) is 3.08. The number of hydrogen-bond donors (Lipinski definition) is 2. The number of carboxylic acids is 1. The number of aryl methyl sites for hydroxylation is 2. The second-order valence-corrected chi connectivity index (χ2v) is 6.64. The minimum atomic E-state index is -1.50. The molecule has 1 aliphatic heterocycles. The Morgan fingerprint density at radius 2 is 1.81 bits per heavy atom. The molecule has 1 atom stereocenters. The summed E-state index contributed by atoms with van der Waals surface area (Å²) in [4.78, 5) is 23.9. The van der Waals surface area contributed by atoms with Crippen molar-refractivity contribution in [3.05, 3.63) is 58.9 Å². The van der Waals surface area contributed by atoms with Gasteiger partial charge in [0, 0.05) is 13.0 Å². The zero-order chi connectivity index (χ0) is 18.9. The maximum atomic E-state index is 14.5. The molecule has 1 saturated heterocycles. The van der Waals surface area contributed by atoms with Gasteiger partial charge >= 0.3 is 5.97 Å². The highest BCUT2D eigenvalue weighted by atomic mass is 19.1. The lowest BCUT2D eigenvalue weighted by atomic mass is 9.97. The molecule has 26 heavy (non-hydrogen) atoms. The largest absolute Gasteiger partial charge is 0.479 e. The smallest absolute Gasteiger partial charge is 0.331 e. The van der Waals surface area contributed by atoms with Crippen LogP contribution in [0.25, 0.3) is 11.1 Å². The minimum absolute atomic E-state index is 0.129. The van der Waals surface area contributed by atoms with Gasteiger partial charge in [0.05, 0.1) is 12.2 Å². The molecule has 1 unspecified atom stereocenters. The third kappa shape index (κ3) is 3.32. The number of carbonyl (C=O) groups excluding carboxylic acids is 1. The Morgan fingerprint density at radius 3 is 2.38 bits per heavy atom. The Morgan fingerprint density at radius 1 is 1.12 bits per heavy atom. The van der Waals surface area contributed by atoms with Gasteiger partial charge in [-0.25, -0.2) is 9.18 Å². The van der Waals surface area contributed by atoms with Gasteiger partial charge in [0.2, 0.25) is 0 Å². The van der Waals surface area contributed by atoms with E-state index in [9.17, 15) is 19.1 Å². The van der Waals surface area contributed by atoms with Crippen molar-refractivity contribution in [1.29, 1.82) is 0 Å². The SMILES string of the molecule is Cc1ccc(-c2ccc(C(=O)NC3(C(=O)O)CCOC3)c(F)c2)cc1C. The molecular formula is C20H20FNO4. The molecule has 2 aromatic carbocycles. The van der Waals surface area contributed by atoms with Crippen LogP contribution in [0, 0.1) is 19.7 Å². The molecule has 1 fully saturated rings. The summed E-state index contributed by atoms with van der Waals surface area (Å²) >= 11 is 0. The van der Waals surface area contributed by atoms with Gasteiger partial charge in [0.15, 0.2) is 5.54 Å². The Balaban J connectivity index is 1.86. The van der Waals surface area contributed by atoms with Gasteiger partial charge in [-0.3, -0.25) is 4.79 Å². The van der Waals surface area contributed by atoms with E-state index in [1.54, 1.807) is 6.07 Å². The first-order valence-corrected chi connectivity index (χ1v) is 8.33. The molecule has 6 heteroatoms. The lowest BCUT2D eigenvalue weighted by molar-refractivity contribution is -0.144. The van der Waals surface area contributed by atoms with E-state index in [0.29, 0.717) is 5.56 Å². The number of aliphatic carboxylic acids is 1. The molecule has 3 rings (SSSR count). The molecule has 5 nitrogen and oxygen atoms in total. The van der Waals surface area contributed by atoms with Gasteiger partial charge in [-0.1, -0.05) is 24.3 Å². The maximum absolute atomic E-state index is 14.5. The molecule has 2 N–H and O–H groups in total. The first-order valence-electron chi connectivity index (χ1n) is 8.33. The van der Waals surface area contributed by atoms with Crippen LogP contribution in [0.1, 0.15) is 27.9 Å². The number of halogens is 1. The van der Waals surface area contributed by atoms with Gasteiger partial charge in [0.1, 0.15) is 5.82 Å². The molecule has 0 aromatic heterocycles. The molecule has 1 heterocycles. The number of nitrogens with one attached hydrogen (secondary N) is 1. The van der Waals surface area contributed by atoms with Crippen molar-refractivity contribution in [2.75, 3.05) is 13.2 Å². The quantitative estimate of drug-likeness (QED) is 0.882. The van der Waals surface area contributed by atoms with Crippen LogP contribution in [-0.4, -0.2) is 35.7 Å². The van der Waals surface area contributed by atoms with Crippen LogP contribution in [-0.2, 0) is 9.53 Å². The first kappa shape index (κ1) is 18.1. The molecular weight excluding hydrogens is 337 g/mol. The Hall–Kier alpha value is -2.73. The van der Waals surface area contributed by atoms with Crippen LogP contribution in [0.15, 0.2) is 36.4 Å². The van der Waals surface area contributed by atoms with Crippen LogP contribution in [0.2, 0.25) is 0 Å². The summed E-state index contributed by atoms with van der Waals surface area (Å²) in [5, 5.41) is 11.8. The second-order valence-electron chi connectivity index (χ2n) is 6.64. The standard InChI is InChI=1S/C20H20FNO4/c1-12-3-4-14(9-13(12)2)15-5-6-16(17(21)10-15)18(23)22-20(19(24)25)7-8-26-11-20/h3-6,9-10H,7-8,11H2,1-2H3,(H,22,23)(H,24,25). The number of benzene rings is 2. The average Bonchev–Trinajstić information content (AvgIpc) is 3.07. The zero-order valence-electron chi connectivity index (χ0n) is 14.6. The summed E-state index contributed by atoms with van der Waals surface area (Å²) in [6.45, 7) is 4.08. The van der Waals surface area contributed by atoms with E-state index in [0.717, 1.165) is 16.7 Å². The van der Waals surface area contributed by atoms with Crippen molar-refractivity contribution >= 4 is 11.9 Å². The van der Waals surface area contributed by atoms with E-state index in [4.69, 9.17) is 4.74 Å². The molecule has 1 aliphatic rings. The van der Waals surface area contributed by atoms with Crippen molar-refractivity contribution in [2.24, 2.45) is 0 Å². The van der Waals surface area contributed by atoms with Gasteiger partial charge in [-0.05, 0) is 48.2 Å². The van der Waals surface area contributed by atoms with Crippen LogP contribution < -0.4 is 5.32 Å². The Labute approximate surface area is 150 Å². The molecule has 0 bridgehead atoms. The van der Waals surface area contributed by atoms with Gasteiger partial charge in [-0.2, -0.15) is 0 Å². The van der Waals surface area contributed by atoms with E-state index in [2.05, 4.69) is 5.32 Å². The van der Waals surface area contributed by atoms with Crippen molar-refractivity contribution in [2.45, 2.75) is 25.8 Å². The fourth-order valence-corrected chi connectivity index (χ4v) is 2.97. The van der Waals surface area contributed by atoms with Crippen molar-refractivity contribution in [3.63, 3.8) is 0 Å². The topological polar surface area (TPSA) is 75.6 Å². The number of rotatable bonds is 4. The number of hydrogen-bond acceptors (Lipinski definition) is 3. The lowest BCUT2D eigenvalue weighted by Crippen LogP contribution is -2.55. The van der Waals surface area contributed by atoms with E-state index in [1.165, 1.54) is 12.1 Å². The van der Waals surface area contributed by atoms with Gasteiger partial charge < -0.3 is 15.2 Å². The molecule has 2 aromatic rings. The van der Waals surface area contributed by atoms with E-state index >= 15 is 0 Å². The van der Waals surface area contributed by atoms with Crippen LogP contribution >= 0.6 is 0 Å². The molecule has 0 radical (unpaired) electrons. The van der Waals surface area contributed by atoms with Crippen LogP contribution in [0.5, 0.6) is 0 Å². The molecule has 0 spiro atoms. The third-order valence-corrected chi connectivity index (χ3v) is 4.84. The zero-order valence-corrected chi connectivity index (χ0v) is 14.6. The van der Waals surface area contributed by atoms with E-state index < -0.39 is 23.2 Å². The summed E-state index contributed by atoms with van der Waals surface area (Å²) in [6.07, 6.45) is 0.149. The fourth-order valence-electron chi connectivity index (χ4n) is 2.97. The molecule has 1 amide bonds. The monoisotopic (exact) mass is 357 g/mol. The minimum Gasteiger partial charge on any atom is -0.479 e. The summed E-state index contributed by atoms with van der Waals surface area (Å²) in [5.41, 5.74) is 2.04. The number of carbonyl (C=O) groups is 2. The number of ether oxygens (including phenoxy) is 1. The summed E-state index contributed by atoms with van der Waals surface area (Å²) < 4.78 is 19.6. The average molecular weight is 357 g/mol. The molecule has 0 aliphatic carbocycles. The Kier molecular flexibility index (Phi) is 4.78. The Bertz CT molecular complexity index is 872. The lowest BCUT2D eigenvalue weighted by Gasteiger charge is -2.23. The van der Waals surface area contributed by atoms with E-state index in [1.807, 2.05) is 32.0 Å². The number of amides is 1. The van der Waals surface area contributed by atoms with Gasteiger partial charge in [0.25, 0.3) is 5.91 Å². The van der Waals surface area contributed by atoms with Crippen LogP contribution in [0.4, 0.5) is 4.39 Å². The first-order chi connectivity index (χ1) is 12.3. The summed E-state index contributed by atoms with van der Waals surface area (Å²) in [5.74, 6) is -2.64. The normalized spacial score (nSPS) is 19.3. The number of carboxylic acid groups (broad SMARTS) is 1. The summed E-state index contributed by atoms with van der Waals surface area (Å²) in [7, 11) is 0. The third-order valence-electron chi connectivity index (χ3n) is 4.84. The predicted molar refractivity (Wildman–Crippen MR) is 94.6 cm³/mol. The highest BCUT2D eigenvalue weighted by molar-refractivity contribution is 5.98. The highest BCUT2D eigenvalue weighted by Crippen LogP contribution is 2.25. The van der Waals surface area contributed by atoms with Crippen molar-refractivity contribution in [1.82, 2.24) is 5.32 Å². The van der Waals surface area contributed by atoms with Gasteiger partial charge in [-0.15, -0.1) is 0 Å². The molecule has 136 valence electrons. The molecule has 0 saturated carbocycles. The van der Waals surface area contributed by atoms with E-state index in [-0.39, 0.29) is 25.2 Å². The van der Waals surface area contributed by atoms with Crippen molar-refractivity contribution < 1.29 is 23.8 Å². The van der Waals surface area contributed by atoms with Crippen LogP contribution in [0.3, 0.4) is 0 Å². The highest BCUT2D eigenvalue weighted by Gasteiger charge is 2.44. The van der Waals surface area contributed by atoms with Crippen molar-refractivity contribution in [3.8, 4) is 11.1 Å². The fraction of sp³-hybridized carbons (Fsp3) is 0.300.